The highest BCUT2D eigenvalue weighted by molar-refractivity contribution is 6.33. The highest BCUT2D eigenvalue weighted by atomic mass is 35.5. The summed E-state index contributed by atoms with van der Waals surface area (Å²) in [6.45, 7) is 1.03. The first-order valence-electron chi connectivity index (χ1n) is 5.43. The van der Waals surface area contributed by atoms with E-state index in [2.05, 4.69) is 10.3 Å². The van der Waals surface area contributed by atoms with E-state index in [1.807, 2.05) is 0 Å². The lowest BCUT2D eigenvalue weighted by molar-refractivity contribution is 0.0381. The molecule has 1 atom stereocenters. The Kier molecular flexibility index (Phi) is 3.70. The van der Waals surface area contributed by atoms with Crippen LogP contribution in [0.3, 0.4) is 0 Å². The van der Waals surface area contributed by atoms with Crippen molar-refractivity contribution in [2.24, 2.45) is 0 Å². The molecule has 1 unspecified atom stereocenters. The number of rotatable bonds is 4. The SMILES string of the molecule is O=C(O)c1cc(NCC2(O)CCOC2)ncc1Cl. The van der Waals surface area contributed by atoms with Gasteiger partial charge < -0.3 is 20.3 Å². The minimum absolute atomic E-state index is 0.0242. The second kappa shape index (κ2) is 5.09. The van der Waals surface area contributed by atoms with E-state index >= 15 is 0 Å². The lowest BCUT2D eigenvalue weighted by atomic mass is 10.0. The van der Waals surface area contributed by atoms with Crippen molar-refractivity contribution in [3.05, 3.63) is 22.8 Å². The molecule has 0 aromatic carbocycles. The van der Waals surface area contributed by atoms with Crippen LogP contribution in [0.4, 0.5) is 5.82 Å². The molecule has 0 aliphatic carbocycles. The predicted molar refractivity (Wildman–Crippen MR) is 65.1 cm³/mol. The molecule has 1 aromatic rings. The van der Waals surface area contributed by atoms with Gasteiger partial charge in [-0.05, 0) is 6.07 Å². The van der Waals surface area contributed by atoms with Gasteiger partial charge in [0.1, 0.15) is 11.4 Å². The zero-order valence-corrected chi connectivity index (χ0v) is 10.3. The quantitative estimate of drug-likeness (QED) is 0.757. The van der Waals surface area contributed by atoms with Crippen LogP contribution in [0, 0.1) is 0 Å². The van der Waals surface area contributed by atoms with Crippen LogP contribution in [0.5, 0.6) is 0 Å². The third-order valence-electron chi connectivity index (χ3n) is 2.77. The number of aromatic nitrogens is 1. The molecule has 0 saturated carbocycles. The van der Waals surface area contributed by atoms with Crippen molar-refractivity contribution in [1.82, 2.24) is 4.98 Å². The topological polar surface area (TPSA) is 91.7 Å². The van der Waals surface area contributed by atoms with Gasteiger partial charge in [-0.1, -0.05) is 11.6 Å². The summed E-state index contributed by atoms with van der Waals surface area (Å²) in [6, 6.07) is 1.34. The van der Waals surface area contributed by atoms with Gasteiger partial charge in [-0.25, -0.2) is 9.78 Å². The van der Waals surface area contributed by atoms with Crippen LogP contribution in [-0.4, -0.2) is 46.5 Å². The molecule has 7 heteroatoms. The van der Waals surface area contributed by atoms with Crippen LogP contribution < -0.4 is 5.32 Å². The van der Waals surface area contributed by atoms with Crippen LogP contribution in [-0.2, 0) is 4.74 Å². The van der Waals surface area contributed by atoms with E-state index in [-0.39, 0.29) is 23.7 Å². The van der Waals surface area contributed by atoms with Gasteiger partial charge in [-0.15, -0.1) is 0 Å². The number of pyridine rings is 1. The Hall–Kier alpha value is -1.37. The Morgan fingerprint density at radius 2 is 2.44 bits per heavy atom. The highest BCUT2D eigenvalue weighted by Crippen LogP contribution is 2.21. The molecule has 0 radical (unpaired) electrons. The van der Waals surface area contributed by atoms with Gasteiger partial charge in [0.2, 0.25) is 0 Å². The maximum atomic E-state index is 10.9. The largest absolute Gasteiger partial charge is 0.478 e. The van der Waals surface area contributed by atoms with E-state index in [4.69, 9.17) is 21.4 Å². The van der Waals surface area contributed by atoms with Gasteiger partial charge in [0.25, 0.3) is 0 Å². The molecule has 6 nitrogen and oxygen atoms in total. The zero-order chi connectivity index (χ0) is 13.2. The molecular weight excluding hydrogens is 260 g/mol. The molecule has 1 aliphatic rings. The summed E-state index contributed by atoms with van der Waals surface area (Å²) >= 11 is 5.71. The van der Waals surface area contributed by atoms with Crippen molar-refractivity contribution in [3.8, 4) is 0 Å². The van der Waals surface area contributed by atoms with Gasteiger partial charge in [0, 0.05) is 25.8 Å². The highest BCUT2D eigenvalue weighted by Gasteiger charge is 2.32. The summed E-state index contributed by atoms with van der Waals surface area (Å²) in [7, 11) is 0. The maximum absolute atomic E-state index is 10.9. The minimum Gasteiger partial charge on any atom is -0.478 e. The second-order valence-electron chi connectivity index (χ2n) is 4.24. The summed E-state index contributed by atoms with van der Waals surface area (Å²) in [6.07, 6.45) is 1.81. The van der Waals surface area contributed by atoms with Crippen molar-refractivity contribution in [2.45, 2.75) is 12.0 Å². The van der Waals surface area contributed by atoms with Crippen molar-refractivity contribution >= 4 is 23.4 Å². The van der Waals surface area contributed by atoms with E-state index in [1.165, 1.54) is 12.3 Å². The van der Waals surface area contributed by atoms with Gasteiger partial charge >= 0.3 is 5.97 Å². The number of halogens is 1. The molecule has 1 aromatic heterocycles. The molecule has 0 amide bonds. The summed E-state index contributed by atoms with van der Waals surface area (Å²) in [5, 5.41) is 21.9. The summed E-state index contributed by atoms with van der Waals surface area (Å²) in [5.41, 5.74) is -0.950. The van der Waals surface area contributed by atoms with Crippen molar-refractivity contribution < 1.29 is 19.7 Å². The number of hydrogen-bond acceptors (Lipinski definition) is 5. The number of aromatic carboxylic acids is 1. The van der Waals surface area contributed by atoms with Crippen LogP contribution in [0.1, 0.15) is 16.8 Å². The molecule has 3 N–H and O–H groups in total. The molecular formula is C11H13ClN2O4. The van der Waals surface area contributed by atoms with Gasteiger partial charge in [-0.2, -0.15) is 0 Å². The average molecular weight is 273 g/mol. The number of carboxylic acid groups (broad SMARTS) is 1. The fourth-order valence-electron chi connectivity index (χ4n) is 1.69. The third kappa shape index (κ3) is 2.90. The van der Waals surface area contributed by atoms with E-state index < -0.39 is 11.6 Å². The number of carbonyl (C=O) groups is 1. The van der Waals surface area contributed by atoms with E-state index in [0.717, 1.165) is 0 Å². The Balaban J connectivity index is 2.05. The fourth-order valence-corrected chi connectivity index (χ4v) is 1.87. The average Bonchev–Trinajstić information content (AvgIpc) is 2.75. The van der Waals surface area contributed by atoms with Crippen molar-refractivity contribution in [2.75, 3.05) is 25.1 Å². The number of hydrogen-bond donors (Lipinski definition) is 3. The predicted octanol–water partition coefficient (Wildman–Crippen LogP) is 0.996. The number of carboxylic acids is 1. The third-order valence-corrected chi connectivity index (χ3v) is 3.07. The van der Waals surface area contributed by atoms with Crippen LogP contribution >= 0.6 is 11.6 Å². The monoisotopic (exact) mass is 272 g/mol. The smallest absolute Gasteiger partial charge is 0.337 e. The molecule has 98 valence electrons. The first kappa shape index (κ1) is 13.1. The lowest BCUT2D eigenvalue weighted by Crippen LogP contribution is -2.37. The van der Waals surface area contributed by atoms with E-state index in [0.29, 0.717) is 18.8 Å². The number of nitrogens with zero attached hydrogens (tertiary/aromatic N) is 1. The molecule has 2 heterocycles. The molecule has 1 aliphatic heterocycles. The number of aliphatic hydroxyl groups is 1. The Morgan fingerprint density at radius 3 is 3.06 bits per heavy atom. The first-order chi connectivity index (χ1) is 8.50. The second-order valence-corrected chi connectivity index (χ2v) is 4.64. The van der Waals surface area contributed by atoms with Crippen LogP contribution in [0.15, 0.2) is 12.3 Å². The minimum atomic E-state index is -1.12. The Morgan fingerprint density at radius 1 is 1.67 bits per heavy atom. The molecule has 2 rings (SSSR count). The number of ether oxygens (including phenoxy) is 1. The fraction of sp³-hybridized carbons (Fsp3) is 0.455. The normalized spacial score (nSPS) is 23.0. The summed E-state index contributed by atoms with van der Waals surface area (Å²) in [4.78, 5) is 14.8. The summed E-state index contributed by atoms with van der Waals surface area (Å²) < 4.78 is 5.10. The van der Waals surface area contributed by atoms with Gasteiger partial charge in [0.05, 0.1) is 17.2 Å². The summed E-state index contributed by atoms with van der Waals surface area (Å²) in [5.74, 6) is -0.759. The van der Waals surface area contributed by atoms with Crippen molar-refractivity contribution in [3.63, 3.8) is 0 Å². The number of nitrogens with one attached hydrogen (secondary N) is 1. The van der Waals surface area contributed by atoms with E-state index in [1.54, 1.807) is 0 Å². The first-order valence-corrected chi connectivity index (χ1v) is 5.81. The molecule has 1 fully saturated rings. The van der Waals surface area contributed by atoms with E-state index in [9.17, 15) is 9.90 Å². The molecule has 18 heavy (non-hydrogen) atoms. The number of anilines is 1. The maximum Gasteiger partial charge on any atom is 0.337 e. The Labute approximate surface area is 109 Å². The standard InChI is InChI=1S/C11H13ClN2O4/c12-8-4-13-9(3-7(8)10(15)16)14-5-11(17)1-2-18-6-11/h3-4,17H,1-2,5-6H2,(H,13,14)(H,15,16). The molecule has 1 saturated heterocycles. The molecule has 0 bridgehead atoms. The Bertz CT molecular complexity index is 460. The molecule has 0 spiro atoms. The van der Waals surface area contributed by atoms with Gasteiger partial charge in [-0.3, -0.25) is 0 Å². The zero-order valence-electron chi connectivity index (χ0n) is 9.52. The van der Waals surface area contributed by atoms with Crippen molar-refractivity contribution in [1.29, 1.82) is 0 Å². The van der Waals surface area contributed by atoms with Crippen LogP contribution in [0.2, 0.25) is 5.02 Å². The van der Waals surface area contributed by atoms with Crippen LogP contribution in [0.25, 0.3) is 0 Å². The lowest BCUT2D eigenvalue weighted by Gasteiger charge is -2.21. The van der Waals surface area contributed by atoms with Gasteiger partial charge in [0.15, 0.2) is 0 Å².